The predicted molar refractivity (Wildman–Crippen MR) is 80.2 cm³/mol. The zero-order chi connectivity index (χ0) is 14.8. The Bertz CT molecular complexity index is 439. The van der Waals surface area contributed by atoms with E-state index in [1.807, 2.05) is 19.9 Å². The molecule has 0 unspecified atom stereocenters. The van der Waals surface area contributed by atoms with Crippen LogP contribution in [0.15, 0.2) is 12.1 Å². The first-order valence-electron chi connectivity index (χ1n) is 6.63. The summed E-state index contributed by atoms with van der Waals surface area (Å²) in [5.41, 5.74) is 8.07. The lowest BCUT2D eigenvalue weighted by molar-refractivity contribution is 0.380. The third kappa shape index (κ3) is 4.13. The van der Waals surface area contributed by atoms with Gasteiger partial charge >= 0.3 is 0 Å². The van der Waals surface area contributed by atoms with Gasteiger partial charge in [-0.3, -0.25) is 0 Å². The summed E-state index contributed by atoms with van der Waals surface area (Å²) in [6.45, 7) is 10.5. The average molecular weight is 265 g/mol. The van der Waals surface area contributed by atoms with E-state index in [1.54, 1.807) is 14.2 Å². The molecule has 0 fully saturated rings. The Kier molecular flexibility index (Phi) is 4.51. The van der Waals surface area contributed by atoms with Gasteiger partial charge in [0, 0.05) is 11.1 Å². The summed E-state index contributed by atoms with van der Waals surface area (Å²) in [6, 6.07) is 4.12. The van der Waals surface area contributed by atoms with Gasteiger partial charge in [-0.1, -0.05) is 20.8 Å². The van der Waals surface area contributed by atoms with Gasteiger partial charge in [0.15, 0.2) is 0 Å². The Balaban J connectivity index is 3.36. The second-order valence-electron chi connectivity index (χ2n) is 6.78. The number of methoxy groups -OCH3 is 2. The van der Waals surface area contributed by atoms with Gasteiger partial charge in [-0.25, -0.2) is 0 Å². The van der Waals surface area contributed by atoms with Crippen LogP contribution in [0.5, 0.6) is 11.5 Å². The Morgan fingerprint density at radius 1 is 0.947 bits per heavy atom. The summed E-state index contributed by atoms with van der Waals surface area (Å²) in [5.74, 6) is 1.77. The molecule has 0 atom stereocenters. The van der Waals surface area contributed by atoms with E-state index in [0.717, 1.165) is 29.0 Å². The van der Waals surface area contributed by atoms with Crippen molar-refractivity contribution < 1.29 is 9.47 Å². The maximum atomic E-state index is 6.11. The molecule has 0 aliphatic rings. The van der Waals surface area contributed by atoms with Gasteiger partial charge in [0.2, 0.25) is 0 Å². The third-order valence-electron chi connectivity index (χ3n) is 3.06. The molecule has 2 N–H and O–H groups in total. The van der Waals surface area contributed by atoms with Crippen LogP contribution in [0.2, 0.25) is 0 Å². The van der Waals surface area contributed by atoms with Gasteiger partial charge in [-0.15, -0.1) is 0 Å². The third-order valence-corrected chi connectivity index (χ3v) is 3.06. The zero-order valence-electron chi connectivity index (χ0n) is 13.3. The Labute approximate surface area is 117 Å². The molecule has 19 heavy (non-hydrogen) atoms. The quantitative estimate of drug-likeness (QED) is 0.908. The summed E-state index contributed by atoms with van der Waals surface area (Å²) < 4.78 is 11.0. The van der Waals surface area contributed by atoms with Gasteiger partial charge < -0.3 is 15.2 Å². The van der Waals surface area contributed by atoms with Crippen molar-refractivity contribution in [2.75, 3.05) is 14.2 Å². The summed E-state index contributed by atoms with van der Waals surface area (Å²) in [5, 5.41) is 0. The molecular formula is C16H27NO2. The molecule has 1 rings (SSSR count). The fourth-order valence-corrected chi connectivity index (χ4v) is 2.18. The zero-order valence-corrected chi connectivity index (χ0v) is 13.3. The van der Waals surface area contributed by atoms with Crippen molar-refractivity contribution in [2.24, 2.45) is 5.73 Å². The molecule has 0 aromatic heterocycles. The second kappa shape index (κ2) is 5.41. The number of nitrogens with two attached hydrogens (primary N) is 1. The van der Waals surface area contributed by atoms with E-state index in [-0.39, 0.29) is 11.0 Å². The van der Waals surface area contributed by atoms with E-state index in [0.29, 0.717) is 0 Å². The summed E-state index contributed by atoms with van der Waals surface area (Å²) in [7, 11) is 3.40. The van der Waals surface area contributed by atoms with Crippen molar-refractivity contribution in [3.63, 3.8) is 0 Å². The molecule has 3 nitrogen and oxygen atoms in total. The Morgan fingerprint density at radius 2 is 1.47 bits per heavy atom. The molecule has 0 aliphatic carbocycles. The van der Waals surface area contributed by atoms with Crippen LogP contribution in [0, 0.1) is 0 Å². The molecular weight excluding hydrogens is 238 g/mol. The molecule has 1 aromatic rings. The molecule has 3 heteroatoms. The maximum absolute atomic E-state index is 6.11. The highest BCUT2D eigenvalue weighted by atomic mass is 16.5. The lowest BCUT2D eigenvalue weighted by Gasteiger charge is -2.26. The van der Waals surface area contributed by atoms with E-state index in [1.165, 1.54) is 0 Å². The van der Waals surface area contributed by atoms with E-state index in [9.17, 15) is 0 Å². The van der Waals surface area contributed by atoms with Crippen LogP contribution in [0.1, 0.15) is 45.7 Å². The minimum absolute atomic E-state index is 0.00931. The molecule has 0 aliphatic heterocycles. The molecule has 0 radical (unpaired) electrons. The largest absolute Gasteiger partial charge is 0.496 e. The number of ether oxygens (including phenoxy) is 2. The van der Waals surface area contributed by atoms with Gasteiger partial charge in [-0.05, 0) is 43.4 Å². The van der Waals surface area contributed by atoms with Crippen LogP contribution < -0.4 is 15.2 Å². The van der Waals surface area contributed by atoms with E-state index >= 15 is 0 Å². The van der Waals surface area contributed by atoms with Crippen molar-refractivity contribution in [3.05, 3.63) is 23.3 Å². The first-order chi connectivity index (χ1) is 8.58. The second-order valence-corrected chi connectivity index (χ2v) is 6.78. The van der Waals surface area contributed by atoms with Crippen molar-refractivity contribution in [1.82, 2.24) is 0 Å². The number of rotatable bonds is 4. The molecule has 1 aromatic carbocycles. The highest BCUT2D eigenvalue weighted by Crippen LogP contribution is 2.37. The monoisotopic (exact) mass is 265 g/mol. The highest BCUT2D eigenvalue weighted by molar-refractivity contribution is 5.49. The van der Waals surface area contributed by atoms with Crippen LogP contribution in [-0.4, -0.2) is 19.8 Å². The van der Waals surface area contributed by atoms with Crippen LogP contribution in [0.25, 0.3) is 0 Å². The molecule has 0 bridgehead atoms. The lowest BCUT2D eigenvalue weighted by atomic mass is 9.84. The number of hydrogen-bond acceptors (Lipinski definition) is 3. The topological polar surface area (TPSA) is 44.5 Å². The van der Waals surface area contributed by atoms with Crippen molar-refractivity contribution >= 4 is 0 Å². The first kappa shape index (κ1) is 15.8. The molecule has 0 saturated heterocycles. The summed E-state index contributed by atoms with van der Waals surface area (Å²) in [4.78, 5) is 0. The van der Waals surface area contributed by atoms with Crippen molar-refractivity contribution in [2.45, 2.75) is 52.0 Å². The van der Waals surface area contributed by atoms with Gasteiger partial charge in [0.25, 0.3) is 0 Å². The smallest absolute Gasteiger partial charge is 0.123 e. The number of benzene rings is 1. The van der Waals surface area contributed by atoms with Gasteiger partial charge in [0.05, 0.1) is 14.2 Å². The minimum atomic E-state index is -0.276. The standard InChI is InChI=1S/C16H27NO2/c1-15(2,3)12-9-13(18-6)11(8-14(12)19-7)10-16(4,5)17/h8-9H,10,17H2,1-7H3. The fourth-order valence-electron chi connectivity index (χ4n) is 2.18. The van der Waals surface area contributed by atoms with E-state index in [2.05, 4.69) is 26.8 Å². The van der Waals surface area contributed by atoms with Crippen molar-refractivity contribution in [3.8, 4) is 11.5 Å². The fraction of sp³-hybridized carbons (Fsp3) is 0.625. The van der Waals surface area contributed by atoms with Crippen LogP contribution in [-0.2, 0) is 11.8 Å². The lowest BCUT2D eigenvalue weighted by Crippen LogP contribution is -2.34. The SMILES string of the molecule is COc1cc(C(C)(C)C)c(OC)cc1CC(C)(C)N. The van der Waals surface area contributed by atoms with Gasteiger partial charge in [-0.2, -0.15) is 0 Å². The highest BCUT2D eigenvalue weighted by Gasteiger charge is 2.23. The predicted octanol–water partition coefficient (Wildman–Crippen LogP) is 3.28. The molecule has 108 valence electrons. The van der Waals surface area contributed by atoms with E-state index < -0.39 is 0 Å². The van der Waals surface area contributed by atoms with Crippen LogP contribution >= 0.6 is 0 Å². The summed E-state index contributed by atoms with van der Waals surface area (Å²) >= 11 is 0. The van der Waals surface area contributed by atoms with Gasteiger partial charge in [0.1, 0.15) is 11.5 Å². The van der Waals surface area contributed by atoms with Crippen molar-refractivity contribution in [1.29, 1.82) is 0 Å². The molecule has 0 saturated carbocycles. The Hall–Kier alpha value is -1.22. The normalized spacial score (nSPS) is 12.4. The Morgan fingerprint density at radius 3 is 1.84 bits per heavy atom. The van der Waals surface area contributed by atoms with Crippen LogP contribution in [0.4, 0.5) is 0 Å². The van der Waals surface area contributed by atoms with E-state index in [4.69, 9.17) is 15.2 Å². The molecule has 0 spiro atoms. The first-order valence-corrected chi connectivity index (χ1v) is 6.63. The van der Waals surface area contributed by atoms with Crippen LogP contribution in [0.3, 0.4) is 0 Å². The molecule has 0 heterocycles. The number of hydrogen-bond donors (Lipinski definition) is 1. The molecule has 0 amide bonds. The average Bonchev–Trinajstić information content (AvgIpc) is 2.24. The maximum Gasteiger partial charge on any atom is 0.123 e. The summed E-state index contributed by atoms with van der Waals surface area (Å²) in [6.07, 6.45) is 0.747. The minimum Gasteiger partial charge on any atom is -0.496 e.